The standard InChI is InChI=1S/C67H59N/c1-65(2,3)49-40-48(41-50(43-49)66(4,5)6)54-32-19-26-46-27-20-33-56(63(46)54)55-29-15-17-36-60(55)68(61-37-21-35-59-64(61)57-30-14-16-34-58(57)67(59,7)8)62-42-47(38-39-53(62)45-22-10-9-11-23-45)52-31-18-25-44-24-12-13-28-51(44)52/h9-43H,1-8H3. The van der Waals surface area contributed by atoms with Crippen molar-refractivity contribution < 1.29 is 0 Å². The summed E-state index contributed by atoms with van der Waals surface area (Å²) < 4.78 is 0. The topological polar surface area (TPSA) is 3.24 Å². The summed E-state index contributed by atoms with van der Waals surface area (Å²) in [5.74, 6) is 0. The summed E-state index contributed by atoms with van der Waals surface area (Å²) in [6.45, 7) is 18.7. The van der Waals surface area contributed by atoms with Gasteiger partial charge in [0.15, 0.2) is 0 Å². The normalized spacial score (nSPS) is 13.1. The van der Waals surface area contributed by atoms with Crippen LogP contribution in [0.2, 0.25) is 0 Å². The second-order valence-corrected chi connectivity index (χ2v) is 21.4. The number of anilines is 3. The summed E-state index contributed by atoms with van der Waals surface area (Å²) in [6, 6.07) is 79.7. The summed E-state index contributed by atoms with van der Waals surface area (Å²) in [7, 11) is 0. The zero-order valence-corrected chi connectivity index (χ0v) is 40.7. The highest BCUT2D eigenvalue weighted by molar-refractivity contribution is 6.10. The van der Waals surface area contributed by atoms with Gasteiger partial charge >= 0.3 is 0 Å². The lowest BCUT2D eigenvalue weighted by Crippen LogP contribution is -2.17. The Bertz CT molecular complexity index is 3510. The van der Waals surface area contributed by atoms with E-state index in [9.17, 15) is 0 Å². The van der Waals surface area contributed by atoms with Crippen LogP contribution < -0.4 is 4.90 Å². The van der Waals surface area contributed by atoms with Gasteiger partial charge in [0, 0.05) is 22.1 Å². The Morgan fingerprint density at radius 3 is 1.62 bits per heavy atom. The van der Waals surface area contributed by atoms with Crippen LogP contribution in [0.5, 0.6) is 0 Å². The highest BCUT2D eigenvalue weighted by Crippen LogP contribution is 2.56. The van der Waals surface area contributed by atoms with E-state index in [4.69, 9.17) is 0 Å². The van der Waals surface area contributed by atoms with Crippen molar-refractivity contribution in [2.75, 3.05) is 4.90 Å². The molecule has 0 spiro atoms. The predicted octanol–water partition coefficient (Wildman–Crippen LogP) is 19.0. The average molecular weight is 878 g/mol. The third-order valence-electron chi connectivity index (χ3n) is 14.6. The fraction of sp³-hybridized carbons (Fsp3) is 0.164. The van der Waals surface area contributed by atoms with Crippen LogP contribution in [0, 0.1) is 0 Å². The van der Waals surface area contributed by atoms with Gasteiger partial charge in [0.05, 0.1) is 17.1 Å². The quantitative estimate of drug-likeness (QED) is 0.154. The molecule has 0 aromatic heterocycles. The number of rotatable bonds is 7. The minimum atomic E-state index is -0.182. The maximum absolute atomic E-state index is 2.60. The van der Waals surface area contributed by atoms with E-state index in [0.717, 1.165) is 17.1 Å². The molecule has 0 N–H and O–H groups in total. The smallest absolute Gasteiger partial charge is 0.0546 e. The second-order valence-electron chi connectivity index (χ2n) is 21.4. The maximum atomic E-state index is 2.60. The molecule has 68 heavy (non-hydrogen) atoms. The number of para-hydroxylation sites is 1. The highest BCUT2D eigenvalue weighted by atomic mass is 15.2. The lowest BCUT2D eigenvalue weighted by atomic mass is 9.78. The molecule has 10 aromatic rings. The van der Waals surface area contributed by atoms with Crippen LogP contribution >= 0.6 is 0 Å². The van der Waals surface area contributed by atoms with Crippen LogP contribution in [0.4, 0.5) is 17.1 Å². The molecule has 0 saturated carbocycles. The fourth-order valence-corrected chi connectivity index (χ4v) is 10.9. The molecule has 0 aliphatic heterocycles. The van der Waals surface area contributed by atoms with Crippen LogP contribution in [-0.4, -0.2) is 0 Å². The molecule has 0 amide bonds. The molecule has 0 atom stereocenters. The van der Waals surface area contributed by atoms with Gasteiger partial charge in [-0.25, -0.2) is 0 Å². The molecule has 10 aromatic carbocycles. The van der Waals surface area contributed by atoms with Gasteiger partial charge in [0.25, 0.3) is 0 Å². The molecular weight excluding hydrogens is 819 g/mol. The Morgan fingerprint density at radius 2 is 0.882 bits per heavy atom. The summed E-state index contributed by atoms with van der Waals surface area (Å²) in [5.41, 5.74) is 20.8. The summed E-state index contributed by atoms with van der Waals surface area (Å²) >= 11 is 0. The Morgan fingerprint density at radius 1 is 0.338 bits per heavy atom. The van der Waals surface area contributed by atoms with Crippen LogP contribution in [-0.2, 0) is 16.2 Å². The monoisotopic (exact) mass is 877 g/mol. The van der Waals surface area contributed by atoms with Gasteiger partial charge in [-0.1, -0.05) is 250 Å². The zero-order chi connectivity index (χ0) is 47.0. The first-order chi connectivity index (χ1) is 32.8. The molecule has 0 saturated heterocycles. The van der Waals surface area contributed by atoms with E-state index in [1.165, 1.54) is 99.4 Å². The van der Waals surface area contributed by atoms with Crippen LogP contribution in [0.25, 0.3) is 77.2 Å². The minimum absolute atomic E-state index is 0.0172. The fourth-order valence-electron chi connectivity index (χ4n) is 10.9. The van der Waals surface area contributed by atoms with Gasteiger partial charge in [-0.05, 0) is 112 Å². The van der Waals surface area contributed by atoms with Crippen LogP contribution in [0.3, 0.4) is 0 Å². The van der Waals surface area contributed by atoms with E-state index < -0.39 is 0 Å². The summed E-state index contributed by atoms with van der Waals surface area (Å²) in [5, 5.41) is 4.95. The third kappa shape index (κ3) is 7.33. The van der Waals surface area contributed by atoms with Gasteiger partial charge in [0.2, 0.25) is 0 Å². The Balaban J connectivity index is 1.24. The number of benzene rings is 10. The van der Waals surface area contributed by atoms with Crippen molar-refractivity contribution in [2.24, 2.45) is 0 Å². The molecule has 1 heteroatoms. The van der Waals surface area contributed by atoms with E-state index in [1.807, 2.05) is 0 Å². The molecule has 1 aliphatic rings. The molecule has 1 aliphatic carbocycles. The van der Waals surface area contributed by atoms with Crippen molar-refractivity contribution in [3.63, 3.8) is 0 Å². The molecule has 332 valence electrons. The number of fused-ring (bicyclic) bond motifs is 5. The first-order valence-electron chi connectivity index (χ1n) is 24.3. The van der Waals surface area contributed by atoms with Gasteiger partial charge in [-0.15, -0.1) is 0 Å². The minimum Gasteiger partial charge on any atom is -0.309 e. The van der Waals surface area contributed by atoms with E-state index in [0.29, 0.717) is 0 Å². The van der Waals surface area contributed by atoms with Crippen LogP contribution in [0.15, 0.2) is 212 Å². The predicted molar refractivity (Wildman–Crippen MR) is 293 cm³/mol. The van der Waals surface area contributed by atoms with Crippen molar-refractivity contribution in [1.29, 1.82) is 0 Å². The summed E-state index contributed by atoms with van der Waals surface area (Å²) in [4.78, 5) is 2.60. The largest absolute Gasteiger partial charge is 0.309 e. The van der Waals surface area contributed by atoms with Crippen LogP contribution in [0.1, 0.15) is 77.6 Å². The van der Waals surface area contributed by atoms with Gasteiger partial charge in [-0.2, -0.15) is 0 Å². The summed E-state index contributed by atoms with van der Waals surface area (Å²) in [6.07, 6.45) is 0. The molecule has 0 unspecified atom stereocenters. The zero-order valence-electron chi connectivity index (χ0n) is 40.7. The molecule has 0 radical (unpaired) electrons. The van der Waals surface area contributed by atoms with Gasteiger partial charge in [0.1, 0.15) is 0 Å². The molecular formula is C67H59N. The Labute approximate surface area is 403 Å². The SMILES string of the molecule is CC(C)(C)c1cc(-c2cccc3cccc(-c4ccccc4N(c4cc(-c5cccc6ccccc56)ccc4-c4ccccc4)c4cccc5c4-c4ccccc4C5(C)C)c23)cc(C(C)(C)C)c1. The lowest BCUT2D eigenvalue weighted by Gasteiger charge is -2.33. The highest BCUT2D eigenvalue weighted by Gasteiger charge is 2.38. The van der Waals surface area contributed by atoms with Gasteiger partial charge < -0.3 is 4.90 Å². The van der Waals surface area contributed by atoms with Crippen molar-refractivity contribution in [2.45, 2.75) is 71.6 Å². The van der Waals surface area contributed by atoms with Crippen molar-refractivity contribution in [3.8, 4) is 55.6 Å². The molecule has 0 fully saturated rings. The maximum Gasteiger partial charge on any atom is 0.0546 e. The molecule has 0 bridgehead atoms. The van der Waals surface area contributed by atoms with Crippen molar-refractivity contribution >= 4 is 38.6 Å². The number of hydrogen-bond donors (Lipinski definition) is 0. The average Bonchev–Trinajstić information content (AvgIpc) is 3.59. The Hall–Kier alpha value is -7.48. The van der Waals surface area contributed by atoms with E-state index in [1.54, 1.807) is 0 Å². The number of nitrogens with zero attached hydrogens (tertiary/aromatic N) is 1. The third-order valence-corrected chi connectivity index (χ3v) is 14.6. The lowest BCUT2D eigenvalue weighted by molar-refractivity contribution is 0.569. The van der Waals surface area contributed by atoms with Crippen molar-refractivity contribution in [3.05, 3.63) is 235 Å². The molecule has 11 rings (SSSR count). The van der Waals surface area contributed by atoms with E-state index >= 15 is 0 Å². The van der Waals surface area contributed by atoms with Crippen molar-refractivity contribution in [1.82, 2.24) is 0 Å². The van der Waals surface area contributed by atoms with E-state index in [-0.39, 0.29) is 16.2 Å². The first-order valence-corrected chi connectivity index (χ1v) is 24.3. The first kappa shape index (κ1) is 43.1. The Kier molecular flexibility index (Phi) is 10.4. The number of hydrogen-bond acceptors (Lipinski definition) is 1. The van der Waals surface area contributed by atoms with Gasteiger partial charge in [-0.3, -0.25) is 0 Å². The second kappa shape index (κ2) is 16.4. The van der Waals surface area contributed by atoms with E-state index in [2.05, 4.69) is 273 Å². The molecule has 0 heterocycles. The molecule has 1 nitrogen and oxygen atoms in total.